The summed E-state index contributed by atoms with van der Waals surface area (Å²) in [6, 6.07) is 0. The zero-order valence-electron chi connectivity index (χ0n) is 3.49. The molecule has 0 saturated heterocycles. The first-order valence-electron chi connectivity index (χ1n) is 1.57. The van der Waals surface area contributed by atoms with Crippen LogP contribution in [0.2, 0.25) is 0 Å². The Morgan fingerprint density at radius 2 is 2.50 bits per heavy atom. The maximum atomic E-state index is 11.2. The van der Waals surface area contributed by atoms with Gasteiger partial charge in [-0.25, -0.2) is 4.39 Å². The standard InChI is InChI=1S/C3H6FNS/c1-5-3(6)2-4/h2H2,1H3,(H,5,6). The zero-order chi connectivity index (χ0) is 4.99. The fourth-order valence-electron chi connectivity index (χ4n) is 0.0668. The van der Waals surface area contributed by atoms with E-state index in [0.717, 1.165) is 0 Å². The quantitative estimate of drug-likeness (QED) is 0.490. The predicted molar refractivity (Wildman–Crippen MR) is 27.6 cm³/mol. The van der Waals surface area contributed by atoms with Crippen molar-refractivity contribution in [2.45, 2.75) is 0 Å². The van der Waals surface area contributed by atoms with Crippen molar-refractivity contribution in [1.82, 2.24) is 5.32 Å². The van der Waals surface area contributed by atoms with Crippen molar-refractivity contribution in [3.05, 3.63) is 0 Å². The largest absolute Gasteiger partial charge is 0.381 e. The lowest BCUT2D eigenvalue weighted by molar-refractivity contribution is 0.578. The Morgan fingerprint density at radius 3 is 2.50 bits per heavy atom. The van der Waals surface area contributed by atoms with Crippen LogP contribution in [0.25, 0.3) is 0 Å². The molecule has 0 heterocycles. The second-order valence-electron chi connectivity index (χ2n) is 0.807. The molecule has 1 nitrogen and oxygen atoms in total. The molecule has 0 unspecified atom stereocenters. The summed E-state index contributed by atoms with van der Waals surface area (Å²) in [4.78, 5) is 0.259. The lowest BCUT2D eigenvalue weighted by Crippen LogP contribution is -2.16. The van der Waals surface area contributed by atoms with Crippen molar-refractivity contribution in [2.75, 3.05) is 13.7 Å². The first-order valence-corrected chi connectivity index (χ1v) is 1.98. The number of rotatable bonds is 1. The summed E-state index contributed by atoms with van der Waals surface area (Å²) in [5, 5.41) is 2.47. The minimum atomic E-state index is -0.550. The van der Waals surface area contributed by atoms with Gasteiger partial charge in [0.1, 0.15) is 11.7 Å². The Labute approximate surface area is 41.5 Å². The lowest BCUT2D eigenvalue weighted by atomic mass is 10.7. The van der Waals surface area contributed by atoms with E-state index in [1.165, 1.54) is 0 Å². The molecule has 0 amide bonds. The van der Waals surface area contributed by atoms with Gasteiger partial charge in [-0.1, -0.05) is 12.2 Å². The molecular formula is C3H6FNS. The molecule has 6 heavy (non-hydrogen) atoms. The van der Waals surface area contributed by atoms with Crippen LogP contribution >= 0.6 is 12.2 Å². The van der Waals surface area contributed by atoms with Gasteiger partial charge in [0, 0.05) is 7.05 Å². The van der Waals surface area contributed by atoms with Crippen LogP contribution in [0.15, 0.2) is 0 Å². The normalized spacial score (nSPS) is 7.67. The average Bonchev–Trinajstić information content (AvgIpc) is 1.65. The Kier molecular flexibility index (Phi) is 2.94. The third kappa shape index (κ3) is 2.08. The Morgan fingerprint density at radius 1 is 2.00 bits per heavy atom. The molecular weight excluding hydrogens is 101 g/mol. The molecule has 0 spiro atoms. The number of halogens is 1. The highest BCUT2D eigenvalue weighted by molar-refractivity contribution is 7.80. The number of alkyl halides is 1. The van der Waals surface area contributed by atoms with Crippen LogP contribution in [0.5, 0.6) is 0 Å². The van der Waals surface area contributed by atoms with E-state index in [1.54, 1.807) is 7.05 Å². The van der Waals surface area contributed by atoms with Crippen molar-refractivity contribution >= 4 is 17.2 Å². The van der Waals surface area contributed by atoms with Gasteiger partial charge in [0.2, 0.25) is 0 Å². The maximum absolute atomic E-state index is 11.2. The molecule has 0 atom stereocenters. The molecule has 3 heteroatoms. The van der Waals surface area contributed by atoms with Crippen molar-refractivity contribution in [1.29, 1.82) is 0 Å². The van der Waals surface area contributed by atoms with E-state index >= 15 is 0 Å². The van der Waals surface area contributed by atoms with Crippen LogP contribution in [0.4, 0.5) is 4.39 Å². The molecule has 0 aliphatic rings. The summed E-state index contributed by atoms with van der Waals surface area (Å²) in [6.07, 6.45) is 0. The van der Waals surface area contributed by atoms with Crippen molar-refractivity contribution < 1.29 is 4.39 Å². The summed E-state index contributed by atoms with van der Waals surface area (Å²) < 4.78 is 11.2. The summed E-state index contributed by atoms with van der Waals surface area (Å²) in [5.41, 5.74) is 0. The van der Waals surface area contributed by atoms with Crippen LogP contribution in [-0.4, -0.2) is 18.7 Å². The summed E-state index contributed by atoms with van der Waals surface area (Å²) in [6.45, 7) is -0.550. The van der Waals surface area contributed by atoms with Gasteiger partial charge in [0.25, 0.3) is 0 Å². The van der Waals surface area contributed by atoms with Gasteiger partial charge in [-0.3, -0.25) is 0 Å². The molecule has 0 fully saturated rings. The van der Waals surface area contributed by atoms with Crippen LogP contribution in [-0.2, 0) is 0 Å². The fourth-order valence-corrected chi connectivity index (χ4v) is 0.0668. The van der Waals surface area contributed by atoms with Gasteiger partial charge in [-0.05, 0) is 0 Å². The summed E-state index contributed by atoms with van der Waals surface area (Å²) >= 11 is 4.37. The Bertz CT molecular complexity index is 48.8. The number of thiocarbonyl (C=S) groups is 1. The number of hydrogen-bond acceptors (Lipinski definition) is 1. The van der Waals surface area contributed by atoms with E-state index in [4.69, 9.17) is 0 Å². The van der Waals surface area contributed by atoms with Crippen LogP contribution in [0.3, 0.4) is 0 Å². The summed E-state index contributed by atoms with van der Waals surface area (Å²) in [7, 11) is 1.60. The zero-order valence-corrected chi connectivity index (χ0v) is 4.31. The first kappa shape index (κ1) is 5.82. The topological polar surface area (TPSA) is 12.0 Å². The Hall–Kier alpha value is -0.180. The van der Waals surface area contributed by atoms with Crippen molar-refractivity contribution in [3.63, 3.8) is 0 Å². The molecule has 0 aliphatic heterocycles. The third-order valence-electron chi connectivity index (χ3n) is 0.400. The molecule has 0 radical (unpaired) electrons. The van der Waals surface area contributed by atoms with E-state index in [2.05, 4.69) is 17.5 Å². The highest BCUT2D eigenvalue weighted by atomic mass is 32.1. The average molecular weight is 107 g/mol. The molecule has 1 N–H and O–H groups in total. The molecule has 0 bridgehead atoms. The van der Waals surface area contributed by atoms with Crippen LogP contribution < -0.4 is 5.32 Å². The SMILES string of the molecule is CNC(=S)CF. The molecule has 36 valence electrons. The Balaban J connectivity index is 2.99. The summed E-state index contributed by atoms with van der Waals surface area (Å²) in [5.74, 6) is 0. The second-order valence-corrected chi connectivity index (χ2v) is 1.30. The van der Waals surface area contributed by atoms with Gasteiger partial charge in [-0.2, -0.15) is 0 Å². The smallest absolute Gasteiger partial charge is 0.139 e. The van der Waals surface area contributed by atoms with E-state index in [1.807, 2.05) is 0 Å². The van der Waals surface area contributed by atoms with Gasteiger partial charge in [-0.15, -0.1) is 0 Å². The molecule has 0 aromatic carbocycles. The molecule has 0 saturated carbocycles. The van der Waals surface area contributed by atoms with Crippen molar-refractivity contribution in [2.24, 2.45) is 0 Å². The van der Waals surface area contributed by atoms with Gasteiger partial charge >= 0.3 is 0 Å². The molecule has 0 aromatic rings. The van der Waals surface area contributed by atoms with Crippen LogP contribution in [0.1, 0.15) is 0 Å². The van der Waals surface area contributed by atoms with E-state index in [0.29, 0.717) is 0 Å². The van der Waals surface area contributed by atoms with Crippen LogP contribution in [0, 0.1) is 0 Å². The van der Waals surface area contributed by atoms with Crippen molar-refractivity contribution in [3.8, 4) is 0 Å². The maximum Gasteiger partial charge on any atom is 0.139 e. The van der Waals surface area contributed by atoms with E-state index in [-0.39, 0.29) is 4.99 Å². The minimum Gasteiger partial charge on any atom is -0.381 e. The third-order valence-corrected chi connectivity index (χ3v) is 0.713. The molecule has 0 rings (SSSR count). The van der Waals surface area contributed by atoms with E-state index in [9.17, 15) is 4.39 Å². The molecule has 0 aromatic heterocycles. The monoisotopic (exact) mass is 107 g/mol. The predicted octanol–water partition coefficient (Wildman–Crippen LogP) is 0.503. The fraction of sp³-hybridized carbons (Fsp3) is 0.667. The minimum absolute atomic E-state index is 0.259. The number of hydrogen-bond donors (Lipinski definition) is 1. The molecule has 0 aliphatic carbocycles. The van der Waals surface area contributed by atoms with Gasteiger partial charge < -0.3 is 5.32 Å². The van der Waals surface area contributed by atoms with Gasteiger partial charge in [0.15, 0.2) is 0 Å². The number of nitrogens with one attached hydrogen (secondary N) is 1. The van der Waals surface area contributed by atoms with E-state index < -0.39 is 6.67 Å². The highest BCUT2D eigenvalue weighted by Gasteiger charge is 1.82. The lowest BCUT2D eigenvalue weighted by Gasteiger charge is -1.89. The second kappa shape index (κ2) is 3.03. The first-order chi connectivity index (χ1) is 2.81. The highest BCUT2D eigenvalue weighted by Crippen LogP contribution is 1.68. The van der Waals surface area contributed by atoms with Gasteiger partial charge in [0.05, 0.1) is 0 Å².